The molecule has 0 unspecified atom stereocenters. The average Bonchev–Trinajstić information content (AvgIpc) is 2.44. The molecule has 0 aliphatic heterocycles. The fourth-order valence-corrected chi connectivity index (χ4v) is 3.23. The van der Waals surface area contributed by atoms with Gasteiger partial charge in [0.1, 0.15) is 0 Å². The lowest BCUT2D eigenvalue weighted by Gasteiger charge is -2.11. The number of halogens is 1. The maximum absolute atomic E-state index is 12.4. The molecule has 0 amide bonds. The van der Waals surface area contributed by atoms with Gasteiger partial charge >= 0.3 is 0 Å². The highest BCUT2D eigenvalue weighted by molar-refractivity contribution is 7.92. The minimum atomic E-state index is -3.68. The van der Waals surface area contributed by atoms with Gasteiger partial charge in [-0.05, 0) is 48.7 Å². The number of hydrogen-bond acceptors (Lipinski definition) is 3. The molecular formula is C15H17ClN2O2S. The molecule has 0 fully saturated rings. The second-order valence-electron chi connectivity index (χ2n) is 4.80. The van der Waals surface area contributed by atoms with Gasteiger partial charge < -0.3 is 5.73 Å². The first-order valence-corrected chi connectivity index (χ1v) is 8.37. The van der Waals surface area contributed by atoms with Gasteiger partial charge in [0, 0.05) is 5.69 Å². The summed E-state index contributed by atoms with van der Waals surface area (Å²) in [6.07, 6.45) is 0.903. The summed E-state index contributed by atoms with van der Waals surface area (Å²) in [5.41, 5.74) is 8.25. The summed E-state index contributed by atoms with van der Waals surface area (Å²) in [5.74, 6) is 0. The van der Waals surface area contributed by atoms with E-state index >= 15 is 0 Å². The van der Waals surface area contributed by atoms with Crippen LogP contribution in [-0.4, -0.2) is 8.42 Å². The molecule has 0 spiro atoms. The van der Waals surface area contributed by atoms with Crippen LogP contribution >= 0.6 is 11.6 Å². The Morgan fingerprint density at radius 1 is 1.19 bits per heavy atom. The van der Waals surface area contributed by atoms with E-state index in [4.69, 9.17) is 17.3 Å². The lowest BCUT2D eigenvalue weighted by molar-refractivity contribution is 0.601. The van der Waals surface area contributed by atoms with Gasteiger partial charge in [-0.1, -0.05) is 30.7 Å². The van der Waals surface area contributed by atoms with E-state index in [9.17, 15) is 8.42 Å². The second-order valence-corrected chi connectivity index (χ2v) is 6.86. The van der Waals surface area contributed by atoms with Crippen LogP contribution in [0.3, 0.4) is 0 Å². The molecule has 0 saturated heterocycles. The van der Waals surface area contributed by atoms with E-state index in [1.54, 1.807) is 19.1 Å². The molecule has 112 valence electrons. The molecule has 0 aromatic heterocycles. The van der Waals surface area contributed by atoms with Crippen LogP contribution in [0.5, 0.6) is 0 Å². The lowest BCUT2D eigenvalue weighted by atomic mass is 10.2. The predicted molar refractivity (Wildman–Crippen MR) is 87.2 cm³/mol. The maximum Gasteiger partial charge on any atom is 0.261 e. The number of hydrogen-bond donors (Lipinski definition) is 2. The van der Waals surface area contributed by atoms with Gasteiger partial charge in [-0.2, -0.15) is 0 Å². The van der Waals surface area contributed by atoms with E-state index < -0.39 is 10.0 Å². The van der Waals surface area contributed by atoms with Crippen LogP contribution in [0.1, 0.15) is 18.1 Å². The first-order valence-electron chi connectivity index (χ1n) is 6.51. The zero-order valence-corrected chi connectivity index (χ0v) is 13.4. The van der Waals surface area contributed by atoms with E-state index in [2.05, 4.69) is 4.72 Å². The Labute approximate surface area is 130 Å². The molecule has 0 aliphatic carbocycles. The number of sulfonamides is 1. The summed E-state index contributed by atoms with van der Waals surface area (Å²) < 4.78 is 27.3. The van der Waals surface area contributed by atoms with E-state index in [0.29, 0.717) is 16.3 Å². The molecule has 0 heterocycles. The Hall–Kier alpha value is -1.72. The molecule has 0 saturated carbocycles. The van der Waals surface area contributed by atoms with Crippen LogP contribution in [0, 0.1) is 6.92 Å². The van der Waals surface area contributed by atoms with Crippen molar-refractivity contribution >= 4 is 33.0 Å². The molecule has 0 radical (unpaired) electrons. The number of nitrogen functional groups attached to an aromatic ring is 1. The van der Waals surface area contributed by atoms with Crippen LogP contribution in [0.4, 0.5) is 11.4 Å². The normalized spacial score (nSPS) is 11.4. The third-order valence-electron chi connectivity index (χ3n) is 3.18. The Balaban J connectivity index is 2.33. The van der Waals surface area contributed by atoms with Crippen LogP contribution in [-0.2, 0) is 16.4 Å². The number of aryl methyl sites for hydroxylation is 2. The van der Waals surface area contributed by atoms with Crippen molar-refractivity contribution in [1.29, 1.82) is 0 Å². The Morgan fingerprint density at radius 2 is 1.81 bits per heavy atom. The standard InChI is InChI=1S/C15H17ClN2O2S/c1-3-11-4-6-12(7-5-11)18-21(19,20)13-8-10(2)15(16)14(17)9-13/h4-9,18H,3,17H2,1-2H3. The van der Waals surface area contributed by atoms with Crippen molar-refractivity contribution in [2.75, 3.05) is 10.5 Å². The molecule has 0 atom stereocenters. The van der Waals surface area contributed by atoms with Crippen molar-refractivity contribution in [1.82, 2.24) is 0 Å². The topological polar surface area (TPSA) is 72.2 Å². The van der Waals surface area contributed by atoms with Crippen LogP contribution in [0.25, 0.3) is 0 Å². The van der Waals surface area contributed by atoms with Crippen LogP contribution < -0.4 is 10.5 Å². The van der Waals surface area contributed by atoms with E-state index in [0.717, 1.165) is 12.0 Å². The molecular weight excluding hydrogens is 308 g/mol. The van der Waals surface area contributed by atoms with E-state index in [-0.39, 0.29) is 10.6 Å². The van der Waals surface area contributed by atoms with Gasteiger partial charge in [-0.3, -0.25) is 4.72 Å². The highest BCUT2D eigenvalue weighted by atomic mass is 35.5. The molecule has 21 heavy (non-hydrogen) atoms. The monoisotopic (exact) mass is 324 g/mol. The fourth-order valence-electron chi connectivity index (χ4n) is 1.94. The Morgan fingerprint density at radius 3 is 2.33 bits per heavy atom. The van der Waals surface area contributed by atoms with E-state index in [1.807, 2.05) is 19.1 Å². The maximum atomic E-state index is 12.4. The highest BCUT2D eigenvalue weighted by Crippen LogP contribution is 2.27. The molecule has 3 N–H and O–H groups in total. The zero-order chi connectivity index (χ0) is 15.6. The zero-order valence-electron chi connectivity index (χ0n) is 11.9. The highest BCUT2D eigenvalue weighted by Gasteiger charge is 2.17. The van der Waals surface area contributed by atoms with Crippen molar-refractivity contribution in [3.63, 3.8) is 0 Å². The first kappa shape index (κ1) is 15.7. The van der Waals surface area contributed by atoms with Crippen molar-refractivity contribution in [2.24, 2.45) is 0 Å². The summed E-state index contributed by atoms with van der Waals surface area (Å²) in [6.45, 7) is 3.76. The molecule has 2 rings (SSSR count). The fraction of sp³-hybridized carbons (Fsp3) is 0.200. The molecule has 2 aromatic rings. The molecule has 0 aliphatic rings. The van der Waals surface area contributed by atoms with Gasteiger partial charge in [0.15, 0.2) is 0 Å². The molecule has 2 aromatic carbocycles. The third kappa shape index (κ3) is 3.49. The predicted octanol–water partition coefficient (Wildman–Crippen LogP) is 3.59. The van der Waals surface area contributed by atoms with Gasteiger partial charge in [-0.25, -0.2) is 8.42 Å². The number of rotatable bonds is 4. The number of benzene rings is 2. The quantitative estimate of drug-likeness (QED) is 0.844. The number of nitrogens with one attached hydrogen (secondary N) is 1. The van der Waals surface area contributed by atoms with Crippen molar-refractivity contribution < 1.29 is 8.42 Å². The van der Waals surface area contributed by atoms with Gasteiger partial charge in [0.05, 0.1) is 15.6 Å². The van der Waals surface area contributed by atoms with Crippen molar-refractivity contribution in [3.8, 4) is 0 Å². The molecule has 4 nitrogen and oxygen atoms in total. The van der Waals surface area contributed by atoms with E-state index in [1.165, 1.54) is 12.1 Å². The Bertz CT molecular complexity index is 733. The third-order valence-corrected chi connectivity index (χ3v) is 5.06. The SMILES string of the molecule is CCc1ccc(NS(=O)(=O)c2cc(C)c(Cl)c(N)c2)cc1. The largest absolute Gasteiger partial charge is 0.397 e. The summed E-state index contributed by atoms with van der Waals surface area (Å²) in [6, 6.07) is 10.1. The minimum Gasteiger partial charge on any atom is -0.397 e. The lowest BCUT2D eigenvalue weighted by Crippen LogP contribution is -2.13. The molecule has 0 bridgehead atoms. The van der Waals surface area contributed by atoms with Crippen LogP contribution in [0.2, 0.25) is 5.02 Å². The summed E-state index contributed by atoms with van der Waals surface area (Å²) in [7, 11) is -3.68. The smallest absolute Gasteiger partial charge is 0.261 e. The number of nitrogens with two attached hydrogens (primary N) is 1. The van der Waals surface area contributed by atoms with Gasteiger partial charge in [0.2, 0.25) is 0 Å². The average molecular weight is 325 g/mol. The summed E-state index contributed by atoms with van der Waals surface area (Å²) in [4.78, 5) is 0.0986. The summed E-state index contributed by atoms with van der Waals surface area (Å²) >= 11 is 5.95. The second kappa shape index (κ2) is 5.95. The summed E-state index contributed by atoms with van der Waals surface area (Å²) in [5, 5.41) is 0.376. The first-order chi connectivity index (χ1) is 9.83. The van der Waals surface area contributed by atoms with Gasteiger partial charge in [0.25, 0.3) is 10.0 Å². The van der Waals surface area contributed by atoms with Gasteiger partial charge in [-0.15, -0.1) is 0 Å². The van der Waals surface area contributed by atoms with Crippen molar-refractivity contribution in [2.45, 2.75) is 25.2 Å². The Kier molecular flexibility index (Phi) is 4.44. The van der Waals surface area contributed by atoms with Crippen LogP contribution in [0.15, 0.2) is 41.3 Å². The minimum absolute atomic E-state index is 0.0986. The molecule has 6 heteroatoms. The van der Waals surface area contributed by atoms with Crippen molar-refractivity contribution in [3.05, 3.63) is 52.5 Å². The number of anilines is 2.